The lowest BCUT2D eigenvalue weighted by Crippen LogP contribution is -2.34. The van der Waals surface area contributed by atoms with Gasteiger partial charge in [0.05, 0.1) is 10.0 Å². The summed E-state index contributed by atoms with van der Waals surface area (Å²) in [4.78, 5) is 2.06. The molecule has 2 rings (SSSR count). The zero-order valence-electron chi connectivity index (χ0n) is 9.12. The second-order valence-electron chi connectivity index (χ2n) is 4.05. The van der Waals surface area contributed by atoms with Crippen molar-refractivity contribution >= 4 is 46.2 Å². The van der Waals surface area contributed by atoms with Crippen molar-refractivity contribution in [2.24, 2.45) is 5.73 Å². The van der Waals surface area contributed by atoms with Gasteiger partial charge in [-0.05, 0) is 36.8 Å². The first kappa shape index (κ1) is 12.9. The maximum Gasteiger partial charge on any atom is 0.173 e. The van der Waals surface area contributed by atoms with Crippen LogP contribution in [0.25, 0.3) is 0 Å². The summed E-state index contributed by atoms with van der Waals surface area (Å²) in [6.45, 7) is 1.70. The van der Waals surface area contributed by atoms with Gasteiger partial charge in [-0.25, -0.2) is 0 Å². The molecule has 1 aromatic carbocycles. The third-order valence-electron chi connectivity index (χ3n) is 2.68. The minimum Gasteiger partial charge on any atom is -0.347 e. The Morgan fingerprint density at radius 2 is 2.18 bits per heavy atom. The zero-order valence-corrected chi connectivity index (χ0v) is 11.4. The summed E-state index contributed by atoms with van der Waals surface area (Å²) >= 11 is 17.1. The third-order valence-corrected chi connectivity index (χ3v) is 3.78. The van der Waals surface area contributed by atoms with Crippen LogP contribution < -0.4 is 11.1 Å². The van der Waals surface area contributed by atoms with E-state index >= 15 is 0 Å². The van der Waals surface area contributed by atoms with Crippen molar-refractivity contribution in [3.63, 3.8) is 0 Å². The molecule has 0 bridgehead atoms. The summed E-state index contributed by atoms with van der Waals surface area (Å²) in [7, 11) is 0. The highest BCUT2D eigenvalue weighted by Gasteiger charge is 2.21. The van der Waals surface area contributed by atoms with E-state index in [-0.39, 0.29) is 6.04 Å². The summed E-state index contributed by atoms with van der Waals surface area (Å²) in [6.07, 6.45) is 0.975. The summed E-state index contributed by atoms with van der Waals surface area (Å²) < 4.78 is 0. The predicted octanol–water partition coefficient (Wildman–Crippen LogP) is 2.72. The first-order valence-corrected chi connectivity index (χ1v) is 6.49. The number of hydrogen-bond acceptors (Lipinski definition) is 2. The lowest BCUT2D eigenvalue weighted by atomic mass is 10.3. The average molecular weight is 290 g/mol. The fourth-order valence-corrected chi connectivity index (χ4v) is 2.33. The molecule has 1 heterocycles. The molecule has 0 aliphatic carbocycles. The van der Waals surface area contributed by atoms with Crippen LogP contribution in [0.2, 0.25) is 10.0 Å². The van der Waals surface area contributed by atoms with Crippen LogP contribution in [-0.4, -0.2) is 29.1 Å². The Hall–Kier alpha value is -0.550. The van der Waals surface area contributed by atoms with Gasteiger partial charge in [-0.1, -0.05) is 23.2 Å². The molecule has 1 aliphatic rings. The molecule has 0 radical (unpaired) electrons. The van der Waals surface area contributed by atoms with E-state index in [0.717, 1.165) is 25.2 Å². The fraction of sp³-hybridized carbons (Fsp3) is 0.364. The summed E-state index contributed by atoms with van der Waals surface area (Å²) in [6, 6.07) is 5.55. The maximum absolute atomic E-state index is 5.93. The van der Waals surface area contributed by atoms with Gasteiger partial charge in [-0.2, -0.15) is 0 Å². The molecule has 92 valence electrons. The van der Waals surface area contributed by atoms with Crippen molar-refractivity contribution < 1.29 is 0 Å². The predicted molar refractivity (Wildman–Crippen MR) is 76.8 cm³/mol. The van der Waals surface area contributed by atoms with Crippen LogP contribution in [0.3, 0.4) is 0 Å². The molecule has 0 unspecified atom stereocenters. The molecule has 0 aromatic heterocycles. The van der Waals surface area contributed by atoms with Gasteiger partial charge in [0, 0.05) is 24.8 Å². The van der Waals surface area contributed by atoms with Crippen LogP contribution in [-0.2, 0) is 0 Å². The van der Waals surface area contributed by atoms with E-state index in [2.05, 4.69) is 10.2 Å². The Labute approximate surface area is 116 Å². The molecular formula is C11H13Cl2N3S. The van der Waals surface area contributed by atoms with Crippen molar-refractivity contribution in [3.05, 3.63) is 28.2 Å². The van der Waals surface area contributed by atoms with Crippen LogP contribution in [0.15, 0.2) is 18.2 Å². The van der Waals surface area contributed by atoms with Gasteiger partial charge in [0.15, 0.2) is 5.11 Å². The highest BCUT2D eigenvalue weighted by Crippen LogP contribution is 2.25. The molecule has 3 N–H and O–H groups in total. The number of halogens is 2. The quantitative estimate of drug-likeness (QED) is 0.780. The first-order valence-electron chi connectivity index (χ1n) is 5.33. The van der Waals surface area contributed by atoms with E-state index in [4.69, 9.17) is 41.2 Å². The van der Waals surface area contributed by atoms with E-state index < -0.39 is 0 Å². The Bertz CT molecular complexity index is 439. The molecule has 1 atom stereocenters. The van der Waals surface area contributed by atoms with Gasteiger partial charge in [-0.3, -0.25) is 0 Å². The van der Waals surface area contributed by atoms with Crippen LogP contribution in [0.1, 0.15) is 6.42 Å². The molecule has 1 aliphatic heterocycles. The molecule has 1 fully saturated rings. The van der Waals surface area contributed by atoms with E-state index in [9.17, 15) is 0 Å². The topological polar surface area (TPSA) is 41.3 Å². The number of nitrogens with zero attached hydrogens (tertiary/aromatic N) is 1. The van der Waals surface area contributed by atoms with Crippen molar-refractivity contribution in [2.75, 3.05) is 18.4 Å². The Kier molecular flexibility index (Phi) is 4.09. The number of nitrogens with one attached hydrogen (secondary N) is 1. The number of thiocarbonyl (C=S) groups is 1. The molecule has 1 aromatic rings. The van der Waals surface area contributed by atoms with Crippen molar-refractivity contribution in [1.29, 1.82) is 0 Å². The molecular weight excluding hydrogens is 277 g/mol. The largest absolute Gasteiger partial charge is 0.347 e. The molecule has 3 nitrogen and oxygen atoms in total. The second-order valence-corrected chi connectivity index (χ2v) is 5.25. The molecule has 17 heavy (non-hydrogen) atoms. The van der Waals surface area contributed by atoms with Gasteiger partial charge < -0.3 is 16.0 Å². The average Bonchev–Trinajstić information content (AvgIpc) is 2.70. The molecule has 1 saturated heterocycles. The Morgan fingerprint density at radius 1 is 1.41 bits per heavy atom. The summed E-state index contributed by atoms with van der Waals surface area (Å²) in [5.74, 6) is 0. The lowest BCUT2D eigenvalue weighted by molar-refractivity contribution is 0.518. The van der Waals surface area contributed by atoms with Crippen LogP contribution in [0.5, 0.6) is 0 Å². The molecule has 0 saturated carbocycles. The van der Waals surface area contributed by atoms with Gasteiger partial charge in [0.2, 0.25) is 0 Å². The molecule has 0 spiro atoms. The van der Waals surface area contributed by atoms with Gasteiger partial charge in [-0.15, -0.1) is 0 Å². The number of benzene rings is 1. The van der Waals surface area contributed by atoms with Crippen LogP contribution in [0.4, 0.5) is 5.69 Å². The summed E-state index contributed by atoms with van der Waals surface area (Å²) in [5, 5.41) is 4.85. The van der Waals surface area contributed by atoms with Gasteiger partial charge in [0.25, 0.3) is 0 Å². The Balaban J connectivity index is 2.00. The summed E-state index contributed by atoms with van der Waals surface area (Å²) in [5.41, 5.74) is 6.67. The van der Waals surface area contributed by atoms with Crippen molar-refractivity contribution in [1.82, 2.24) is 4.90 Å². The zero-order chi connectivity index (χ0) is 12.4. The van der Waals surface area contributed by atoms with Crippen molar-refractivity contribution in [2.45, 2.75) is 12.5 Å². The highest BCUT2D eigenvalue weighted by molar-refractivity contribution is 7.80. The number of hydrogen-bond donors (Lipinski definition) is 2. The minimum atomic E-state index is 0.212. The van der Waals surface area contributed by atoms with Gasteiger partial charge in [0.1, 0.15) is 0 Å². The molecule has 6 heteroatoms. The number of anilines is 1. The number of rotatable bonds is 1. The maximum atomic E-state index is 5.93. The van der Waals surface area contributed by atoms with Crippen LogP contribution >= 0.6 is 35.4 Å². The first-order chi connectivity index (χ1) is 8.06. The minimum absolute atomic E-state index is 0.212. The highest BCUT2D eigenvalue weighted by atomic mass is 35.5. The smallest absolute Gasteiger partial charge is 0.173 e. The molecule has 0 amide bonds. The van der Waals surface area contributed by atoms with E-state index in [1.54, 1.807) is 12.1 Å². The SMILES string of the molecule is N[C@@H]1CCN(C(=S)Nc2ccc(Cl)c(Cl)c2)C1. The van der Waals surface area contributed by atoms with Gasteiger partial charge >= 0.3 is 0 Å². The van der Waals surface area contributed by atoms with Crippen LogP contribution in [0, 0.1) is 0 Å². The number of nitrogens with two attached hydrogens (primary N) is 1. The third kappa shape index (κ3) is 3.22. The normalized spacial score (nSPS) is 19.5. The van der Waals surface area contributed by atoms with E-state index in [1.165, 1.54) is 0 Å². The Morgan fingerprint density at radius 3 is 2.76 bits per heavy atom. The lowest BCUT2D eigenvalue weighted by Gasteiger charge is -2.20. The second kappa shape index (κ2) is 5.40. The van der Waals surface area contributed by atoms with Crippen molar-refractivity contribution in [3.8, 4) is 0 Å². The van der Waals surface area contributed by atoms with E-state index in [0.29, 0.717) is 15.2 Å². The van der Waals surface area contributed by atoms with E-state index in [1.807, 2.05) is 6.07 Å². The fourth-order valence-electron chi connectivity index (χ4n) is 1.75. The monoisotopic (exact) mass is 289 g/mol. The standard InChI is InChI=1S/C11H13Cl2N3S/c12-9-2-1-8(5-10(9)13)15-11(17)16-4-3-7(14)6-16/h1-2,5,7H,3-4,6,14H2,(H,15,17)/t7-/m1/s1. The number of likely N-dealkylation sites (tertiary alicyclic amines) is 1.